The van der Waals surface area contributed by atoms with E-state index in [0.29, 0.717) is 29.9 Å². The van der Waals surface area contributed by atoms with E-state index in [4.69, 9.17) is 4.74 Å². The lowest BCUT2D eigenvalue weighted by Crippen LogP contribution is -2.39. The quantitative estimate of drug-likeness (QED) is 0.434. The second-order valence-electron chi connectivity index (χ2n) is 8.06. The summed E-state index contributed by atoms with van der Waals surface area (Å²) in [6.45, 7) is 3.02. The van der Waals surface area contributed by atoms with Gasteiger partial charge in [0.25, 0.3) is 5.56 Å². The zero-order valence-corrected chi connectivity index (χ0v) is 18.8. The fourth-order valence-electron chi connectivity index (χ4n) is 3.67. The van der Waals surface area contributed by atoms with Gasteiger partial charge in [0.15, 0.2) is 0 Å². The molecule has 0 aliphatic rings. The molecule has 0 fully saturated rings. The summed E-state index contributed by atoms with van der Waals surface area (Å²) < 4.78 is 5.24. The molecule has 1 heterocycles. The Hall–Kier alpha value is -4.06. The van der Waals surface area contributed by atoms with Crippen molar-refractivity contribution in [3.05, 3.63) is 111 Å². The summed E-state index contributed by atoms with van der Waals surface area (Å²) in [6.07, 6.45) is 0. The van der Waals surface area contributed by atoms with E-state index in [1.807, 2.05) is 79.7 Å². The number of rotatable bonds is 7. The van der Waals surface area contributed by atoms with Crippen molar-refractivity contribution in [1.29, 1.82) is 0 Å². The Morgan fingerprint density at radius 2 is 1.70 bits per heavy atom. The van der Waals surface area contributed by atoms with Gasteiger partial charge in [-0.3, -0.25) is 4.79 Å². The van der Waals surface area contributed by atoms with Crippen molar-refractivity contribution in [1.82, 2.24) is 15.2 Å². The van der Waals surface area contributed by atoms with Gasteiger partial charge < -0.3 is 19.9 Å². The van der Waals surface area contributed by atoms with E-state index < -0.39 is 0 Å². The number of pyridine rings is 1. The molecule has 1 aromatic heterocycles. The van der Waals surface area contributed by atoms with Crippen LogP contribution in [0.15, 0.2) is 83.7 Å². The Labute approximate surface area is 192 Å². The first-order valence-corrected chi connectivity index (χ1v) is 10.8. The molecule has 4 aromatic rings. The van der Waals surface area contributed by atoms with Crippen molar-refractivity contribution in [3.63, 3.8) is 0 Å². The van der Waals surface area contributed by atoms with Crippen molar-refractivity contribution in [2.24, 2.45) is 0 Å². The van der Waals surface area contributed by atoms with Gasteiger partial charge in [0.1, 0.15) is 5.75 Å². The van der Waals surface area contributed by atoms with Crippen LogP contribution in [0, 0.1) is 6.92 Å². The monoisotopic (exact) mass is 441 g/mol. The average Bonchev–Trinajstić information content (AvgIpc) is 2.84. The van der Waals surface area contributed by atoms with E-state index in [1.165, 1.54) is 0 Å². The number of hydrogen-bond acceptors (Lipinski definition) is 3. The highest BCUT2D eigenvalue weighted by Gasteiger charge is 2.17. The van der Waals surface area contributed by atoms with Crippen LogP contribution in [0.25, 0.3) is 10.9 Å². The Balaban J connectivity index is 1.59. The Morgan fingerprint density at radius 3 is 2.42 bits per heavy atom. The molecule has 0 saturated carbocycles. The Bertz CT molecular complexity index is 1300. The second kappa shape index (κ2) is 10.0. The molecule has 168 valence electrons. The molecule has 4 rings (SSSR count). The third-order valence-corrected chi connectivity index (χ3v) is 5.56. The molecule has 0 radical (unpaired) electrons. The molecule has 0 unspecified atom stereocenters. The van der Waals surface area contributed by atoms with Crippen LogP contribution in [-0.4, -0.2) is 23.0 Å². The van der Waals surface area contributed by atoms with Crippen LogP contribution in [0.1, 0.15) is 22.3 Å². The highest BCUT2D eigenvalue weighted by Crippen LogP contribution is 2.19. The number of carbonyl (C=O) groups is 1. The number of aryl methyl sites for hydroxylation is 1. The predicted octanol–water partition coefficient (Wildman–Crippen LogP) is 4.76. The summed E-state index contributed by atoms with van der Waals surface area (Å²) in [7, 11) is 1.59. The number of aromatic amines is 1. The van der Waals surface area contributed by atoms with E-state index in [1.54, 1.807) is 18.1 Å². The maximum absolute atomic E-state index is 13.1. The molecular formula is C27H27N3O3. The molecular weight excluding hydrogens is 414 g/mol. The summed E-state index contributed by atoms with van der Waals surface area (Å²) in [5.41, 5.74) is 4.16. The van der Waals surface area contributed by atoms with Gasteiger partial charge in [-0.2, -0.15) is 0 Å². The van der Waals surface area contributed by atoms with Gasteiger partial charge in [0.2, 0.25) is 0 Å². The third kappa shape index (κ3) is 5.60. The zero-order chi connectivity index (χ0) is 23.2. The molecule has 3 aromatic carbocycles. The van der Waals surface area contributed by atoms with Crippen LogP contribution in [0.2, 0.25) is 0 Å². The van der Waals surface area contributed by atoms with Gasteiger partial charge in [-0.25, -0.2) is 4.79 Å². The number of methoxy groups -OCH3 is 1. The van der Waals surface area contributed by atoms with E-state index in [2.05, 4.69) is 10.3 Å². The van der Waals surface area contributed by atoms with Crippen LogP contribution in [0.4, 0.5) is 4.79 Å². The van der Waals surface area contributed by atoms with E-state index >= 15 is 0 Å². The summed E-state index contributed by atoms with van der Waals surface area (Å²) in [5, 5.41) is 3.86. The van der Waals surface area contributed by atoms with Crippen molar-refractivity contribution >= 4 is 16.9 Å². The van der Waals surface area contributed by atoms with Gasteiger partial charge in [0, 0.05) is 24.7 Å². The van der Waals surface area contributed by atoms with Crippen molar-refractivity contribution < 1.29 is 9.53 Å². The van der Waals surface area contributed by atoms with Crippen LogP contribution in [0.3, 0.4) is 0 Å². The predicted molar refractivity (Wildman–Crippen MR) is 130 cm³/mol. The fourth-order valence-corrected chi connectivity index (χ4v) is 3.67. The second-order valence-corrected chi connectivity index (χ2v) is 8.06. The number of H-pyrrole nitrogens is 1. The minimum atomic E-state index is -0.228. The molecule has 0 aliphatic heterocycles. The lowest BCUT2D eigenvalue weighted by atomic mass is 10.1. The number of hydrogen-bond donors (Lipinski definition) is 2. The lowest BCUT2D eigenvalue weighted by molar-refractivity contribution is 0.191. The number of nitrogens with zero attached hydrogens (tertiary/aromatic N) is 1. The average molecular weight is 442 g/mol. The summed E-state index contributed by atoms with van der Waals surface area (Å²) in [4.78, 5) is 30.5. The molecule has 2 N–H and O–H groups in total. The molecule has 2 amide bonds. The van der Waals surface area contributed by atoms with Gasteiger partial charge in [-0.15, -0.1) is 0 Å². The molecule has 0 aliphatic carbocycles. The van der Waals surface area contributed by atoms with Crippen LogP contribution in [-0.2, 0) is 19.6 Å². The fraction of sp³-hybridized carbons (Fsp3) is 0.185. The van der Waals surface area contributed by atoms with Crippen LogP contribution in [0.5, 0.6) is 5.75 Å². The number of fused-ring (bicyclic) bond motifs is 1. The van der Waals surface area contributed by atoms with Crippen molar-refractivity contribution in [2.75, 3.05) is 7.11 Å². The summed E-state index contributed by atoms with van der Waals surface area (Å²) >= 11 is 0. The number of nitrogens with one attached hydrogen (secondary N) is 2. The number of urea groups is 1. The first-order valence-electron chi connectivity index (χ1n) is 10.8. The van der Waals surface area contributed by atoms with Gasteiger partial charge in [-0.1, -0.05) is 60.2 Å². The highest BCUT2D eigenvalue weighted by molar-refractivity contribution is 5.80. The maximum Gasteiger partial charge on any atom is 0.318 e. The molecule has 6 nitrogen and oxygen atoms in total. The van der Waals surface area contributed by atoms with Gasteiger partial charge in [0.05, 0.1) is 19.2 Å². The summed E-state index contributed by atoms with van der Waals surface area (Å²) in [5.74, 6) is 0.673. The van der Waals surface area contributed by atoms with Crippen LogP contribution >= 0.6 is 0 Å². The lowest BCUT2D eigenvalue weighted by Gasteiger charge is -2.23. The summed E-state index contributed by atoms with van der Waals surface area (Å²) in [6, 6.07) is 24.9. The zero-order valence-electron chi connectivity index (χ0n) is 18.8. The molecule has 0 bridgehead atoms. The van der Waals surface area contributed by atoms with Crippen molar-refractivity contribution in [3.8, 4) is 5.75 Å². The van der Waals surface area contributed by atoms with Gasteiger partial charge in [-0.05, 0) is 41.6 Å². The SMILES string of the molecule is COc1ccc2cc(CN(Cc3ccc(C)cc3)C(=O)NCc3ccccc3)c(=O)[nH]c2c1. The minimum absolute atomic E-state index is 0.186. The Kier molecular flexibility index (Phi) is 6.74. The smallest absolute Gasteiger partial charge is 0.318 e. The normalized spacial score (nSPS) is 10.7. The molecule has 33 heavy (non-hydrogen) atoms. The van der Waals surface area contributed by atoms with Crippen molar-refractivity contribution in [2.45, 2.75) is 26.6 Å². The first-order chi connectivity index (χ1) is 16.0. The maximum atomic E-state index is 13.1. The minimum Gasteiger partial charge on any atom is -0.497 e. The highest BCUT2D eigenvalue weighted by atomic mass is 16.5. The standard InChI is InChI=1S/C27H27N3O3/c1-19-8-10-21(11-9-19)17-30(27(32)28-16-20-6-4-3-5-7-20)18-23-14-22-12-13-24(33-2)15-25(22)29-26(23)31/h3-15H,16-18H2,1-2H3,(H,28,32)(H,29,31). The third-order valence-electron chi connectivity index (χ3n) is 5.56. The molecule has 0 spiro atoms. The van der Waals surface area contributed by atoms with Crippen LogP contribution < -0.4 is 15.6 Å². The topological polar surface area (TPSA) is 74.4 Å². The number of benzene rings is 3. The first kappa shape index (κ1) is 22.1. The number of aromatic nitrogens is 1. The largest absolute Gasteiger partial charge is 0.497 e. The molecule has 6 heteroatoms. The molecule has 0 atom stereocenters. The van der Waals surface area contributed by atoms with E-state index in [9.17, 15) is 9.59 Å². The van der Waals surface area contributed by atoms with Gasteiger partial charge >= 0.3 is 6.03 Å². The number of carbonyl (C=O) groups excluding carboxylic acids is 1. The van der Waals surface area contributed by atoms with E-state index in [-0.39, 0.29) is 18.1 Å². The number of amides is 2. The molecule has 0 saturated heterocycles. The Morgan fingerprint density at radius 1 is 0.939 bits per heavy atom. The number of ether oxygens (including phenoxy) is 1. The van der Waals surface area contributed by atoms with E-state index in [0.717, 1.165) is 22.1 Å².